The highest BCUT2D eigenvalue weighted by Gasteiger charge is 2.31. The van der Waals surface area contributed by atoms with Crippen LogP contribution in [0, 0.1) is 6.92 Å². The SMILES string of the molecule is CCCC(Sc1nc(C2CC2)nc(C)c1C(=O)O)C(=O)O. The van der Waals surface area contributed by atoms with E-state index in [1.165, 1.54) is 0 Å². The van der Waals surface area contributed by atoms with E-state index in [0.717, 1.165) is 24.6 Å². The summed E-state index contributed by atoms with van der Waals surface area (Å²) in [5.74, 6) is -1.12. The van der Waals surface area contributed by atoms with E-state index < -0.39 is 17.2 Å². The van der Waals surface area contributed by atoms with Crippen molar-refractivity contribution in [3.63, 3.8) is 0 Å². The highest BCUT2D eigenvalue weighted by Crippen LogP contribution is 2.40. The standard InChI is InChI=1S/C14H18N2O4S/c1-3-4-9(13(17)18)21-12-10(14(19)20)7(2)15-11(16-12)8-5-6-8/h8-9H,3-6H2,1-2H3,(H,17,18)(H,19,20). The Hall–Kier alpha value is -1.63. The Kier molecular flexibility index (Phi) is 4.82. The second-order valence-corrected chi connectivity index (χ2v) is 6.35. The predicted molar refractivity (Wildman–Crippen MR) is 77.9 cm³/mol. The minimum Gasteiger partial charge on any atom is -0.480 e. The molecule has 2 N–H and O–H groups in total. The van der Waals surface area contributed by atoms with Gasteiger partial charge in [0.05, 0.1) is 5.69 Å². The lowest BCUT2D eigenvalue weighted by atomic mass is 10.2. The molecule has 1 saturated carbocycles. The van der Waals surface area contributed by atoms with Gasteiger partial charge < -0.3 is 10.2 Å². The summed E-state index contributed by atoms with van der Waals surface area (Å²) < 4.78 is 0. The molecule has 1 aromatic rings. The first kappa shape index (κ1) is 15.8. The number of aromatic nitrogens is 2. The van der Waals surface area contributed by atoms with Crippen molar-refractivity contribution in [2.24, 2.45) is 0 Å². The smallest absolute Gasteiger partial charge is 0.340 e. The molecule has 1 aliphatic carbocycles. The number of thioether (sulfide) groups is 1. The van der Waals surface area contributed by atoms with E-state index in [0.29, 0.717) is 30.3 Å². The summed E-state index contributed by atoms with van der Waals surface area (Å²) in [5, 5.41) is 18.2. The normalized spacial score (nSPS) is 15.7. The molecule has 0 amide bonds. The Morgan fingerprint density at radius 1 is 1.33 bits per heavy atom. The second kappa shape index (κ2) is 6.43. The van der Waals surface area contributed by atoms with Gasteiger partial charge in [-0.05, 0) is 26.2 Å². The monoisotopic (exact) mass is 310 g/mol. The maximum absolute atomic E-state index is 11.4. The molecule has 0 bridgehead atoms. The van der Waals surface area contributed by atoms with Crippen LogP contribution in [0.2, 0.25) is 0 Å². The van der Waals surface area contributed by atoms with E-state index >= 15 is 0 Å². The van der Waals surface area contributed by atoms with Crippen LogP contribution in [0.4, 0.5) is 0 Å². The van der Waals surface area contributed by atoms with Gasteiger partial charge in [-0.25, -0.2) is 14.8 Å². The van der Waals surface area contributed by atoms with Crippen LogP contribution in [0.3, 0.4) is 0 Å². The summed E-state index contributed by atoms with van der Waals surface area (Å²) in [5.41, 5.74) is 0.425. The molecular formula is C14H18N2O4S. The first-order valence-corrected chi connectivity index (χ1v) is 7.83. The molecule has 0 aromatic carbocycles. The van der Waals surface area contributed by atoms with E-state index in [-0.39, 0.29) is 10.6 Å². The number of aryl methyl sites for hydroxylation is 1. The Morgan fingerprint density at radius 2 is 2.00 bits per heavy atom. The molecule has 2 rings (SSSR count). The van der Waals surface area contributed by atoms with Crippen molar-refractivity contribution in [1.29, 1.82) is 0 Å². The number of aliphatic carboxylic acids is 1. The molecule has 1 unspecified atom stereocenters. The van der Waals surface area contributed by atoms with Crippen LogP contribution < -0.4 is 0 Å². The summed E-state index contributed by atoms with van der Waals surface area (Å²) in [7, 11) is 0. The quantitative estimate of drug-likeness (QED) is 0.590. The van der Waals surface area contributed by atoms with Gasteiger partial charge in [0, 0.05) is 5.92 Å². The molecule has 21 heavy (non-hydrogen) atoms. The van der Waals surface area contributed by atoms with Crippen LogP contribution in [-0.2, 0) is 4.79 Å². The van der Waals surface area contributed by atoms with Gasteiger partial charge in [-0.1, -0.05) is 25.1 Å². The number of carboxylic acids is 2. The van der Waals surface area contributed by atoms with Crippen LogP contribution in [0.15, 0.2) is 5.03 Å². The molecule has 0 saturated heterocycles. The molecule has 1 aliphatic rings. The fourth-order valence-corrected chi connectivity index (χ4v) is 3.28. The average molecular weight is 310 g/mol. The van der Waals surface area contributed by atoms with E-state index in [9.17, 15) is 19.8 Å². The lowest BCUT2D eigenvalue weighted by Gasteiger charge is -2.14. The van der Waals surface area contributed by atoms with Crippen molar-refractivity contribution in [2.45, 2.75) is 55.7 Å². The van der Waals surface area contributed by atoms with E-state index in [4.69, 9.17) is 0 Å². The summed E-state index contributed by atoms with van der Waals surface area (Å²) in [6.07, 6.45) is 3.20. The molecule has 6 nitrogen and oxygen atoms in total. The van der Waals surface area contributed by atoms with Gasteiger partial charge in [-0.2, -0.15) is 0 Å². The van der Waals surface area contributed by atoms with Gasteiger partial charge in [-0.15, -0.1) is 0 Å². The van der Waals surface area contributed by atoms with Crippen molar-refractivity contribution in [3.8, 4) is 0 Å². The lowest BCUT2D eigenvalue weighted by Crippen LogP contribution is -2.18. The zero-order valence-electron chi connectivity index (χ0n) is 12.0. The zero-order valence-corrected chi connectivity index (χ0v) is 12.8. The fourth-order valence-electron chi connectivity index (χ4n) is 2.05. The van der Waals surface area contributed by atoms with Crippen molar-refractivity contribution in [2.75, 3.05) is 0 Å². The van der Waals surface area contributed by atoms with E-state index in [1.54, 1.807) is 6.92 Å². The molecule has 1 heterocycles. The maximum atomic E-state index is 11.4. The largest absolute Gasteiger partial charge is 0.480 e. The van der Waals surface area contributed by atoms with Crippen molar-refractivity contribution in [3.05, 3.63) is 17.1 Å². The van der Waals surface area contributed by atoms with E-state index in [1.807, 2.05) is 6.92 Å². The molecule has 1 atom stereocenters. The number of aromatic carboxylic acids is 1. The Balaban J connectivity index is 2.38. The fraction of sp³-hybridized carbons (Fsp3) is 0.571. The predicted octanol–water partition coefficient (Wildman–Crippen LogP) is 2.71. The first-order valence-electron chi connectivity index (χ1n) is 6.95. The van der Waals surface area contributed by atoms with Crippen molar-refractivity contribution >= 4 is 23.7 Å². The summed E-state index contributed by atoms with van der Waals surface area (Å²) >= 11 is 1.02. The van der Waals surface area contributed by atoms with Crippen molar-refractivity contribution < 1.29 is 19.8 Å². The van der Waals surface area contributed by atoms with Crippen molar-refractivity contribution in [1.82, 2.24) is 9.97 Å². The van der Waals surface area contributed by atoms with Gasteiger partial charge >= 0.3 is 11.9 Å². The number of nitrogens with zero attached hydrogens (tertiary/aromatic N) is 2. The molecule has 0 aliphatic heterocycles. The Labute approximate surface area is 127 Å². The molecule has 114 valence electrons. The number of carbonyl (C=O) groups is 2. The maximum Gasteiger partial charge on any atom is 0.340 e. The molecule has 0 radical (unpaired) electrons. The van der Waals surface area contributed by atoms with Gasteiger partial charge in [0.15, 0.2) is 0 Å². The summed E-state index contributed by atoms with van der Waals surface area (Å²) in [4.78, 5) is 31.3. The van der Waals surface area contributed by atoms with E-state index in [2.05, 4.69) is 9.97 Å². The van der Waals surface area contributed by atoms with Crippen LogP contribution in [0.1, 0.15) is 60.4 Å². The molecular weight excluding hydrogens is 292 g/mol. The van der Waals surface area contributed by atoms with Gasteiger partial charge in [0.25, 0.3) is 0 Å². The topological polar surface area (TPSA) is 100 Å². The van der Waals surface area contributed by atoms with Gasteiger partial charge in [0.2, 0.25) is 0 Å². The highest BCUT2D eigenvalue weighted by molar-refractivity contribution is 8.00. The Morgan fingerprint density at radius 3 is 2.48 bits per heavy atom. The minimum atomic E-state index is -1.11. The van der Waals surface area contributed by atoms with Gasteiger partial charge in [-0.3, -0.25) is 4.79 Å². The van der Waals surface area contributed by atoms with Gasteiger partial charge in [0.1, 0.15) is 21.7 Å². The zero-order chi connectivity index (χ0) is 15.6. The second-order valence-electron chi connectivity index (χ2n) is 5.16. The molecule has 0 spiro atoms. The number of carboxylic acid groups (broad SMARTS) is 2. The van der Waals surface area contributed by atoms with Crippen LogP contribution in [0.25, 0.3) is 0 Å². The molecule has 1 fully saturated rings. The summed E-state index contributed by atoms with van der Waals surface area (Å²) in [6, 6.07) is 0. The molecule has 7 heteroatoms. The summed E-state index contributed by atoms with van der Waals surface area (Å²) in [6.45, 7) is 3.53. The minimum absolute atomic E-state index is 0.0201. The lowest BCUT2D eigenvalue weighted by molar-refractivity contribution is -0.136. The highest BCUT2D eigenvalue weighted by atomic mass is 32.2. The van der Waals surface area contributed by atoms with Crippen LogP contribution >= 0.6 is 11.8 Å². The average Bonchev–Trinajstić information content (AvgIpc) is 3.21. The number of hydrogen-bond acceptors (Lipinski definition) is 5. The van der Waals surface area contributed by atoms with Crippen LogP contribution in [-0.4, -0.2) is 37.4 Å². The third kappa shape index (κ3) is 3.72. The number of hydrogen-bond donors (Lipinski definition) is 2. The third-order valence-electron chi connectivity index (χ3n) is 3.31. The first-order chi connectivity index (χ1) is 9.93. The Bertz CT molecular complexity index is 572. The number of rotatable bonds is 7. The van der Waals surface area contributed by atoms with Crippen LogP contribution in [0.5, 0.6) is 0 Å². The molecule has 1 aromatic heterocycles. The third-order valence-corrected chi connectivity index (χ3v) is 4.55.